The molecule has 0 radical (unpaired) electrons. The Labute approximate surface area is 202 Å². The fourth-order valence-electron chi connectivity index (χ4n) is 4.33. The zero-order chi connectivity index (χ0) is 23.8. The number of anilines is 1. The SMILES string of the molecule is Cc1ccc(N2C(c3ccccc3)=NOC2c2c(C)nn(-c3ccccc3)c2-n2cncn2)cc1. The summed E-state index contributed by atoms with van der Waals surface area (Å²) in [7, 11) is 0. The van der Waals surface area contributed by atoms with Crippen LogP contribution in [-0.4, -0.2) is 30.4 Å². The zero-order valence-electron chi connectivity index (χ0n) is 19.4. The fourth-order valence-corrected chi connectivity index (χ4v) is 4.33. The number of oxime groups is 1. The van der Waals surface area contributed by atoms with Gasteiger partial charge in [0, 0.05) is 11.3 Å². The highest BCUT2D eigenvalue weighted by Crippen LogP contribution is 2.39. The van der Waals surface area contributed by atoms with E-state index in [1.165, 1.54) is 11.9 Å². The Morgan fingerprint density at radius 3 is 2.20 bits per heavy atom. The topological polar surface area (TPSA) is 73.4 Å². The quantitative estimate of drug-likeness (QED) is 0.370. The summed E-state index contributed by atoms with van der Waals surface area (Å²) < 4.78 is 3.59. The van der Waals surface area contributed by atoms with E-state index in [1.54, 1.807) is 11.0 Å². The van der Waals surface area contributed by atoms with Crippen molar-refractivity contribution in [3.05, 3.63) is 120 Å². The van der Waals surface area contributed by atoms with Crippen LogP contribution in [0.2, 0.25) is 0 Å². The Morgan fingerprint density at radius 2 is 1.51 bits per heavy atom. The third-order valence-corrected chi connectivity index (χ3v) is 6.01. The zero-order valence-corrected chi connectivity index (χ0v) is 19.4. The van der Waals surface area contributed by atoms with Crippen LogP contribution in [0.5, 0.6) is 0 Å². The van der Waals surface area contributed by atoms with E-state index in [9.17, 15) is 0 Å². The Bertz CT molecular complexity index is 1470. The molecular weight excluding hydrogens is 438 g/mol. The van der Waals surface area contributed by atoms with Gasteiger partial charge in [-0.15, -0.1) is 0 Å². The van der Waals surface area contributed by atoms with Crippen molar-refractivity contribution in [2.45, 2.75) is 20.1 Å². The first-order valence-corrected chi connectivity index (χ1v) is 11.4. The Balaban J connectivity index is 1.55. The van der Waals surface area contributed by atoms with Crippen molar-refractivity contribution in [2.24, 2.45) is 5.16 Å². The Kier molecular flexibility index (Phi) is 5.11. The first kappa shape index (κ1) is 20.9. The molecule has 8 nitrogen and oxygen atoms in total. The van der Waals surface area contributed by atoms with E-state index < -0.39 is 6.23 Å². The number of hydrogen-bond acceptors (Lipinski definition) is 6. The molecule has 3 heterocycles. The molecule has 1 aliphatic rings. The summed E-state index contributed by atoms with van der Waals surface area (Å²) >= 11 is 0. The second-order valence-corrected chi connectivity index (χ2v) is 8.35. The maximum absolute atomic E-state index is 6.17. The number of para-hydroxylation sites is 1. The summed E-state index contributed by atoms with van der Waals surface area (Å²) in [5.74, 6) is 1.48. The molecule has 8 heteroatoms. The molecule has 1 unspecified atom stereocenters. The van der Waals surface area contributed by atoms with Gasteiger partial charge in [0.05, 0.1) is 16.9 Å². The van der Waals surface area contributed by atoms with Gasteiger partial charge in [-0.2, -0.15) is 10.2 Å². The molecule has 6 rings (SSSR count). The maximum Gasteiger partial charge on any atom is 0.237 e. The van der Waals surface area contributed by atoms with Crippen LogP contribution in [0.1, 0.15) is 28.6 Å². The van der Waals surface area contributed by atoms with E-state index in [0.29, 0.717) is 0 Å². The molecule has 0 saturated heterocycles. The standard InChI is InChI=1S/C27H23N7O/c1-19-13-15-22(16-14-19)33-25(21-9-5-3-6-10-21)31-35-27(33)24-20(2)30-34(23-11-7-4-8-12-23)26(24)32-18-28-17-29-32/h3-18,27H,1-2H3. The van der Waals surface area contributed by atoms with Gasteiger partial charge in [0.25, 0.3) is 0 Å². The minimum absolute atomic E-state index is 0.551. The summed E-state index contributed by atoms with van der Waals surface area (Å²) in [5.41, 5.74) is 5.69. The van der Waals surface area contributed by atoms with Crippen LogP contribution in [0, 0.1) is 13.8 Å². The van der Waals surface area contributed by atoms with Gasteiger partial charge in [-0.1, -0.05) is 71.4 Å². The predicted octanol–water partition coefficient (Wildman–Crippen LogP) is 4.97. The van der Waals surface area contributed by atoms with Gasteiger partial charge in [-0.3, -0.25) is 4.90 Å². The van der Waals surface area contributed by atoms with Crippen molar-refractivity contribution in [1.29, 1.82) is 0 Å². The minimum Gasteiger partial charge on any atom is -0.363 e. The van der Waals surface area contributed by atoms with E-state index in [1.807, 2.05) is 72.3 Å². The highest BCUT2D eigenvalue weighted by molar-refractivity contribution is 6.10. The molecule has 0 fully saturated rings. The molecule has 3 aromatic carbocycles. The van der Waals surface area contributed by atoms with Crippen LogP contribution in [-0.2, 0) is 4.84 Å². The molecule has 0 amide bonds. The van der Waals surface area contributed by atoms with Gasteiger partial charge in [0.15, 0.2) is 11.7 Å². The van der Waals surface area contributed by atoms with E-state index in [0.717, 1.165) is 39.8 Å². The molecule has 0 bridgehead atoms. The average molecular weight is 462 g/mol. The molecule has 172 valence electrons. The van der Waals surface area contributed by atoms with Gasteiger partial charge in [0.1, 0.15) is 12.7 Å². The third kappa shape index (κ3) is 3.65. The lowest BCUT2D eigenvalue weighted by atomic mass is 10.1. The summed E-state index contributed by atoms with van der Waals surface area (Å²) in [4.78, 5) is 12.5. The van der Waals surface area contributed by atoms with Crippen LogP contribution in [0.3, 0.4) is 0 Å². The molecule has 5 aromatic rings. The summed E-state index contributed by atoms with van der Waals surface area (Å²) in [6, 6.07) is 28.4. The second kappa shape index (κ2) is 8.57. The number of aryl methyl sites for hydroxylation is 2. The van der Waals surface area contributed by atoms with E-state index in [-0.39, 0.29) is 0 Å². The first-order valence-electron chi connectivity index (χ1n) is 11.4. The van der Waals surface area contributed by atoms with Gasteiger partial charge in [0.2, 0.25) is 6.23 Å². The van der Waals surface area contributed by atoms with E-state index >= 15 is 0 Å². The predicted molar refractivity (Wildman–Crippen MR) is 134 cm³/mol. The number of amidine groups is 1. The van der Waals surface area contributed by atoms with Crippen molar-refractivity contribution in [2.75, 3.05) is 4.90 Å². The Hall–Kier alpha value is -4.72. The lowest BCUT2D eigenvalue weighted by Crippen LogP contribution is -2.32. The smallest absolute Gasteiger partial charge is 0.237 e. The molecule has 0 N–H and O–H groups in total. The summed E-state index contributed by atoms with van der Waals surface area (Å²) in [5, 5.41) is 13.9. The normalized spacial score (nSPS) is 15.2. The number of benzene rings is 3. The van der Waals surface area contributed by atoms with Gasteiger partial charge in [-0.25, -0.2) is 14.3 Å². The largest absolute Gasteiger partial charge is 0.363 e. The van der Waals surface area contributed by atoms with Crippen molar-refractivity contribution in [3.8, 4) is 11.5 Å². The molecular formula is C27H23N7O. The van der Waals surface area contributed by atoms with Crippen LogP contribution < -0.4 is 4.90 Å². The number of rotatable bonds is 5. The second-order valence-electron chi connectivity index (χ2n) is 8.35. The van der Waals surface area contributed by atoms with E-state index in [4.69, 9.17) is 9.94 Å². The fraction of sp³-hybridized carbons (Fsp3) is 0.111. The summed E-state index contributed by atoms with van der Waals surface area (Å²) in [6.45, 7) is 4.05. The van der Waals surface area contributed by atoms with Crippen molar-refractivity contribution < 1.29 is 4.84 Å². The van der Waals surface area contributed by atoms with Crippen molar-refractivity contribution in [3.63, 3.8) is 0 Å². The van der Waals surface area contributed by atoms with Gasteiger partial charge in [-0.05, 0) is 38.1 Å². The summed E-state index contributed by atoms with van der Waals surface area (Å²) in [6.07, 6.45) is 2.63. The van der Waals surface area contributed by atoms with Crippen molar-refractivity contribution >= 4 is 11.5 Å². The number of aromatic nitrogens is 5. The molecule has 1 aliphatic heterocycles. The first-order chi connectivity index (χ1) is 17.2. The monoisotopic (exact) mass is 461 g/mol. The minimum atomic E-state index is -0.551. The molecule has 2 aromatic heterocycles. The number of hydrogen-bond donors (Lipinski definition) is 0. The lowest BCUT2D eigenvalue weighted by molar-refractivity contribution is 0.0862. The molecule has 0 saturated carbocycles. The molecule has 0 spiro atoms. The van der Waals surface area contributed by atoms with Crippen molar-refractivity contribution in [1.82, 2.24) is 24.5 Å². The maximum atomic E-state index is 6.17. The Morgan fingerprint density at radius 1 is 0.800 bits per heavy atom. The lowest BCUT2D eigenvalue weighted by Gasteiger charge is -2.26. The highest BCUT2D eigenvalue weighted by Gasteiger charge is 2.39. The third-order valence-electron chi connectivity index (χ3n) is 6.01. The number of nitrogens with zero attached hydrogens (tertiary/aromatic N) is 7. The van der Waals surface area contributed by atoms with Crippen LogP contribution in [0.25, 0.3) is 11.5 Å². The molecule has 35 heavy (non-hydrogen) atoms. The highest BCUT2D eigenvalue weighted by atomic mass is 16.7. The van der Waals surface area contributed by atoms with Crippen LogP contribution in [0.15, 0.2) is 103 Å². The molecule has 1 atom stereocenters. The van der Waals surface area contributed by atoms with Gasteiger partial charge < -0.3 is 4.84 Å². The van der Waals surface area contributed by atoms with Crippen LogP contribution >= 0.6 is 0 Å². The van der Waals surface area contributed by atoms with Gasteiger partial charge >= 0.3 is 0 Å². The van der Waals surface area contributed by atoms with E-state index in [2.05, 4.69) is 51.3 Å². The van der Waals surface area contributed by atoms with Crippen LogP contribution in [0.4, 0.5) is 5.69 Å². The average Bonchev–Trinajstić information content (AvgIpc) is 3.64. The molecule has 0 aliphatic carbocycles.